The Labute approximate surface area is 163 Å². The minimum atomic E-state index is -0.265. The van der Waals surface area contributed by atoms with Gasteiger partial charge in [0.2, 0.25) is 11.7 Å². The maximum absolute atomic E-state index is 12.5. The summed E-state index contributed by atoms with van der Waals surface area (Å²) in [6, 6.07) is 12.9. The van der Waals surface area contributed by atoms with E-state index in [0.717, 1.165) is 11.1 Å². The lowest BCUT2D eigenvalue weighted by Gasteiger charge is -2.12. The topological polar surface area (TPSA) is 86.5 Å². The normalized spacial score (nSPS) is 10.5. The first kappa shape index (κ1) is 19.4. The van der Waals surface area contributed by atoms with Crippen LogP contribution in [0.4, 0.5) is 0 Å². The molecule has 0 radical (unpaired) electrons. The lowest BCUT2D eigenvalue weighted by Crippen LogP contribution is -2.23. The number of hydrogen-bond acceptors (Lipinski definition) is 6. The number of nitrogens with one attached hydrogen (secondary N) is 1. The van der Waals surface area contributed by atoms with Gasteiger partial charge in [-0.2, -0.15) is 4.98 Å². The number of hydrogen-bond donors (Lipinski definition) is 1. The highest BCUT2D eigenvalue weighted by Crippen LogP contribution is 2.28. The van der Waals surface area contributed by atoms with Gasteiger partial charge in [-0.1, -0.05) is 35.0 Å². The molecular formula is C21H23N3O4. The Bertz CT molecular complexity index is 935. The Morgan fingerprint density at radius 3 is 2.46 bits per heavy atom. The standard InChI is InChI=1S/C21H23N3O4/c1-4-26-17-11-10-16(12-18(17)27-5-2)21(25)22-13-19-23-20(24-28-19)15-8-6-14(3)7-9-15/h6-12H,4-5,13H2,1-3H3,(H,22,25). The molecule has 0 unspecified atom stereocenters. The predicted octanol–water partition coefficient (Wildman–Crippen LogP) is 3.77. The zero-order valence-electron chi connectivity index (χ0n) is 16.2. The van der Waals surface area contributed by atoms with Gasteiger partial charge >= 0.3 is 0 Å². The van der Waals surface area contributed by atoms with Crippen LogP contribution in [0.25, 0.3) is 11.4 Å². The Hall–Kier alpha value is -3.35. The van der Waals surface area contributed by atoms with E-state index < -0.39 is 0 Å². The Morgan fingerprint density at radius 2 is 1.75 bits per heavy atom. The molecule has 0 aliphatic carbocycles. The molecule has 0 saturated heterocycles. The number of nitrogens with zero attached hydrogens (tertiary/aromatic N) is 2. The number of amides is 1. The molecule has 0 atom stereocenters. The Balaban J connectivity index is 1.65. The summed E-state index contributed by atoms with van der Waals surface area (Å²) in [5.41, 5.74) is 2.48. The molecule has 146 valence electrons. The van der Waals surface area contributed by atoms with Crippen LogP contribution in [0.5, 0.6) is 11.5 Å². The predicted molar refractivity (Wildman–Crippen MR) is 104 cm³/mol. The number of ether oxygens (including phenoxy) is 2. The first-order chi connectivity index (χ1) is 13.6. The summed E-state index contributed by atoms with van der Waals surface area (Å²) >= 11 is 0. The number of aryl methyl sites for hydroxylation is 1. The zero-order valence-corrected chi connectivity index (χ0v) is 16.2. The molecule has 0 aliphatic rings. The maximum Gasteiger partial charge on any atom is 0.251 e. The molecule has 1 amide bonds. The fraction of sp³-hybridized carbons (Fsp3) is 0.286. The molecule has 0 aliphatic heterocycles. The average Bonchev–Trinajstić information content (AvgIpc) is 3.17. The van der Waals surface area contributed by atoms with Gasteiger partial charge in [0.25, 0.3) is 5.91 Å². The number of aromatic nitrogens is 2. The van der Waals surface area contributed by atoms with Crippen molar-refractivity contribution in [3.8, 4) is 22.9 Å². The zero-order chi connectivity index (χ0) is 19.9. The third-order valence-electron chi connectivity index (χ3n) is 3.98. The number of rotatable bonds is 8. The summed E-state index contributed by atoms with van der Waals surface area (Å²) in [7, 11) is 0. The van der Waals surface area contributed by atoms with Gasteiger partial charge in [-0.15, -0.1) is 0 Å². The number of benzene rings is 2. The van der Waals surface area contributed by atoms with Crippen molar-refractivity contribution in [3.05, 3.63) is 59.5 Å². The second kappa shape index (κ2) is 9.03. The van der Waals surface area contributed by atoms with E-state index in [1.807, 2.05) is 45.0 Å². The molecule has 1 aromatic heterocycles. The van der Waals surface area contributed by atoms with E-state index >= 15 is 0 Å². The summed E-state index contributed by atoms with van der Waals surface area (Å²) in [6.07, 6.45) is 0. The molecule has 3 aromatic rings. The van der Waals surface area contributed by atoms with Crippen LogP contribution >= 0.6 is 0 Å². The molecule has 0 spiro atoms. The SMILES string of the molecule is CCOc1ccc(C(=O)NCc2nc(-c3ccc(C)cc3)no2)cc1OCC. The summed E-state index contributed by atoms with van der Waals surface area (Å²) < 4.78 is 16.3. The molecule has 7 nitrogen and oxygen atoms in total. The van der Waals surface area contributed by atoms with Crippen molar-refractivity contribution in [1.82, 2.24) is 15.5 Å². The van der Waals surface area contributed by atoms with Crippen molar-refractivity contribution >= 4 is 5.91 Å². The minimum absolute atomic E-state index is 0.134. The van der Waals surface area contributed by atoms with E-state index in [4.69, 9.17) is 14.0 Å². The van der Waals surface area contributed by atoms with Gasteiger partial charge in [-0.25, -0.2) is 0 Å². The summed E-state index contributed by atoms with van der Waals surface area (Å²) in [4.78, 5) is 16.8. The van der Waals surface area contributed by atoms with Crippen molar-refractivity contribution < 1.29 is 18.8 Å². The van der Waals surface area contributed by atoms with E-state index in [1.54, 1.807) is 18.2 Å². The van der Waals surface area contributed by atoms with Crippen LogP contribution < -0.4 is 14.8 Å². The van der Waals surface area contributed by atoms with Crippen LogP contribution in [0.1, 0.15) is 35.7 Å². The number of carbonyl (C=O) groups is 1. The largest absolute Gasteiger partial charge is 0.490 e. The third-order valence-corrected chi connectivity index (χ3v) is 3.98. The highest BCUT2D eigenvalue weighted by atomic mass is 16.5. The van der Waals surface area contributed by atoms with E-state index in [0.29, 0.717) is 42.0 Å². The van der Waals surface area contributed by atoms with Crippen molar-refractivity contribution in [2.45, 2.75) is 27.3 Å². The van der Waals surface area contributed by atoms with Gasteiger partial charge in [0.05, 0.1) is 19.8 Å². The van der Waals surface area contributed by atoms with Crippen LogP contribution in [0.15, 0.2) is 47.0 Å². The molecular weight excluding hydrogens is 358 g/mol. The van der Waals surface area contributed by atoms with Crippen LogP contribution in [-0.4, -0.2) is 29.3 Å². The van der Waals surface area contributed by atoms with Crippen molar-refractivity contribution in [2.75, 3.05) is 13.2 Å². The van der Waals surface area contributed by atoms with Crippen molar-refractivity contribution in [2.24, 2.45) is 0 Å². The van der Waals surface area contributed by atoms with Gasteiger partial charge in [-0.05, 0) is 39.0 Å². The van der Waals surface area contributed by atoms with Gasteiger partial charge in [0.15, 0.2) is 11.5 Å². The van der Waals surface area contributed by atoms with Crippen molar-refractivity contribution in [3.63, 3.8) is 0 Å². The second-order valence-electron chi connectivity index (χ2n) is 6.09. The highest BCUT2D eigenvalue weighted by Gasteiger charge is 2.14. The molecule has 28 heavy (non-hydrogen) atoms. The van der Waals surface area contributed by atoms with E-state index in [9.17, 15) is 4.79 Å². The Kier molecular flexibility index (Phi) is 6.26. The van der Waals surface area contributed by atoms with Crippen LogP contribution in [0, 0.1) is 6.92 Å². The quantitative estimate of drug-likeness (QED) is 0.639. The fourth-order valence-corrected chi connectivity index (χ4v) is 2.60. The maximum atomic E-state index is 12.5. The second-order valence-corrected chi connectivity index (χ2v) is 6.09. The molecule has 2 aromatic carbocycles. The average molecular weight is 381 g/mol. The summed E-state index contributed by atoms with van der Waals surface area (Å²) in [6.45, 7) is 6.92. The summed E-state index contributed by atoms with van der Waals surface area (Å²) in [5.74, 6) is 1.71. The van der Waals surface area contributed by atoms with E-state index in [2.05, 4.69) is 15.5 Å². The van der Waals surface area contributed by atoms with Crippen LogP contribution in [0.2, 0.25) is 0 Å². The van der Waals surface area contributed by atoms with Gasteiger partial charge in [-0.3, -0.25) is 4.79 Å². The molecule has 0 bridgehead atoms. The van der Waals surface area contributed by atoms with Crippen molar-refractivity contribution in [1.29, 1.82) is 0 Å². The lowest BCUT2D eigenvalue weighted by atomic mass is 10.1. The molecule has 0 saturated carbocycles. The summed E-state index contributed by atoms with van der Waals surface area (Å²) in [5, 5.41) is 6.74. The monoisotopic (exact) mass is 381 g/mol. The van der Waals surface area contributed by atoms with Gasteiger partial charge in [0.1, 0.15) is 0 Å². The molecule has 1 N–H and O–H groups in total. The minimum Gasteiger partial charge on any atom is -0.490 e. The first-order valence-electron chi connectivity index (χ1n) is 9.18. The molecule has 1 heterocycles. The van der Waals surface area contributed by atoms with Gasteiger partial charge < -0.3 is 19.3 Å². The molecule has 3 rings (SSSR count). The smallest absolute Gasteiger partial charge is 0.251 e. The highest BCUT2D eigenvalue weighted by molar-refractivity contribution is 5.94. The van der Waals surface area contributed by atoms with Crippen LogP contribution in [0.3, 0.4) is 0 Å². The number of carbonyl (C=O) groups excluding carboxylic acids is 1. The first-order valence-corrected chi connectivity index (χ1v) is 9.18. The van der Waals surface area contributed by atoms with Gasteiger partial charge in [0, 0.05) is 11.1 Å². The molecule has 0 fully saturated rings. The lowest BCUT2D eigenvalue weighted by molar-refractivity contribution is 0.0945. The van der Waals surface area contributed by atoms with Crippen LogP contribution in [-0.2, 0) is 6.54 Å². The van der Waals surface area contributed by atoms with E-state index in [-0.39, 0.29) is 12.5 Å². The molecule has 7 heteroatoms. The Morgan fingerprint density at radius 1 is 1.04 bits per heavy atom. The fourth-order valence-electron chi connectivity index (χ4n) is 2.60. The van der Waals surface area contributed by atoms with E-state index in [1.165, 1.54) is 0 Å². The third kappa shape index (κ3) is 4.68.